The van der Waals surface area contributed by atoms with Gasteiger partial charge in [-0.3, -0.25) is 0 Å². The van der Waals surface area contributed by atoms with Crippen molar-refractivity contribution < 1.29 is 4.74 Å². The Morgan fingerprint density at radius 2 is 1.74 bits per heavy atom. The van der Waals surface area contributed by atoms with E-state index in [1.165, 1.54) is 5.56 Å². The fourth-order valence-electron chi connectivity index (χ4n) is 2.66. The summed E-state index contributed by atoms with van der Waals surface area (Å²) in [5.74, 6) is 3.08. The summed E-state index contributed by atoms with van der Waals surface area (Å²) in [7, 11) is 0. The lowest BCUT2D eigenvalue weighted by Crippen LogP contribution is -2.09. The van der Waals surface area contributed by atoms with Gasteiger partial charge in [-0.15, -0.1) is 10.2 Å². The molecule has 0 saturated carbocycles. The van der Waals surface area contributed by atoms with Gasteiger partial charge in [0, 0.05) is 22.9 Å². The first-order valence-corrected chi connectivity index (χ1v) is 10.4. The van der Waals surface area contributed by atoms with Crippen molar-refractivity contribution in [2.45, 2.75) is 32.5 Å². The van der Waals surface area contributed by atoms with E-state index in [1.807, 2.05) is 36.4 Å². The Balaban J connectivity index is 1.67. The van der Waals surface area contributed by atoms with E-state index in [4.69, 9.17) is 16.3 Å². The Hall–Kier alpha value is -1.98. The topological polar surface area (TPSA) is 39.9 Å². The third-order valence-corrected chi connectivity index (χ3v) is 5.15. The zero-order chi connectivity index (χ0) is 19.2. The highest BCUT2D eigenvalue weighted by Gasteiger charge is 2.15. The van der Waals surface area contributed by atoms with Crippen molar-refractivity contribution in [1.82, 2.24) is 14.8 Å². The normalized spacial score (nSPS) is 11.1. The molecular formula is C21H24ClN3OS. The van der Waals surface area contributed by atoms with Crippen LogP contribution in [0, 0.1) is 12.8 Å². The predicted octanol–water partition coefficient (Wildman–Crippen LogP) is 5.73. The van der Waals surface area contributed by atoms with Gasteiger partial charge < -0.3 is 9.30 Å². The Kier molecular flexibility index (Phi) is 6.80. The summed E-state index contributed by atoms with van der Waals surface area (Å²) in [6, 6.07) is 15.8. The van der Waals surface area contributed by atoms with Crippen LogP contribution in [0.2, 0.25) is 5.02 Å². The molecule has 0 fully saturated rings. The molecule has 1 aromatic heterocycles. The lowest BCUT2D eigenvalue weighted by molar-refractivity contribution is 0.343. The average Bonchev–Trinajstić information content (AvgIpc) is 3.03. The zero-order valence-corrected chi connectivity index (χ0v) is 17.4. The van der Waals surface area contributed by atoms with Gasteiger partial charge in [-0.05, 0) is 49.2 Å². The van der Waals surface area contributed by atoms with Crippen molar-refractivity contribution >= 4 is 23.4 Å². The highest BCUT2D eigenvalue weighted by molar-refractivity contribution is 7.99. The van der Waals surface area contributed by atoms with Gasteiger partial charge in [0.15, 0.2) is 11.0 Å². The molecule has 142 valence electrons. The van der Waals surface area contributed by atoms with E-state index in [-0.39, 0.29) is 0 Å². The summed E-state index contributed by atoms with van der Waals surface area (Å²) in [5.41, 5.74) is 2.25. The van der Waals surface area contributed by atoms with E-state index in [0.717, 1.165) is 39.6 Å². The Morgan fingerprint density at radius 3 is 2.41 bits per heavy atom. The molecule has 0 N–H and O–H groups in total. The summed E-state index contributed by atoms with van der Waals surface area (Å²) in [6.07, 6.45) is 0. The van der Waals surface area contributed by atoms with Crippen LogP contribution in [0.4, 0.5) is 0 Å². The summed E-state index contributed by atoms with van der Waals surface area (Å²) in [4.78, 5) is 0. The minimum atomic E-state index is 0.496. The van der Waals surface area contributed by atoms with Crippen LogP contribution in [-0.4, -0.2) is 27.1 Å². The van der Waals surface area contributed by atoms with Crippen LogP contribution in [-0.2, 0) is 6.54 Å². The van der Waals surface area contributed by atoms with Gasteiger partial charge in [-0.25, -0.2) is 0 Å². The van der Waals surface area contributed by atoms with E-state index in [1.54, 1.807) is 11.8 Å². The van der Waals surface area contributed by atoms with Gasteiger partial charge >= 0.3 is 0 Å². The van der Waals surface area contributed by atoms with Crippen molar-refractivity contribution in [2.75, 3.05) is 12.4 Å². The molecule has 2 aromatic carbocycles. The average molecular weight is 402 g/mol. The lowest BCUT2D eigenvalue weighted by Gasteiger charge is -2.13. The van der Waals surface area contributed by atoms with Crippen LogP contribution >= 0.6 is 23.4 Å². The summed E-state index contributed by atoms with van der Waals surface area (Å²) in [6.45, 7) is 7.95. The largest absolute Gasteiger partial charge is 0.493 e. The molecule has 0 aliphatic carbocycles. The molecular weight excluding hydrogens is 378 g/mol. The quantitative estimate of drug-likeness (QED) is 0.356. The Labute approximate surface area is 169 Å². The molecule has 0 spiro atoms. The van der Waals surface area contributed by atoms with Crippen molar-refractivity contribution in [3.8, 4) is 17.1 Å². The molecule has 1 heterocycles. The molecule has 3 rings (SSSR count). The summed E-state index contributed by atoms with van der Waals surface area (Å²) >= 11 is 7.68. The lowest BCUT2D eigenvalue weighted by atomic mass is 10.2. The number of aryl methyl sites for hydroxylation is 1. The van der Waals surface area contributed by atoms with Crippen LogP contribution in [0.25, 0.3) is 11.4 Å². The number of hydrogen-bond donors (Lipinski definition) is 0. The minimum Gasteiger partial charge on any atom is -0.493 e. The van der Waals surface area contributed by atoms with Crippen LogP contribution in [0.5, 0.6) is 5.75 Å². The number of nitrogens with zero attached hydrogens (tertiary/aromatic N) is 3. The molecule has 0 saturated heterocycles. The zero-order valence-electron chi connectivity index (χ0n) is 15.9. The maximum Gasteiger partial charge on any atom is 0.191 e. The van der Waals surface area contributed by atoms with Gasteiger partial charge in [0.25, 0.3) is 0 Å². The van der Waals surface area contributed by atoms with E-state index < -0.39 is 0 Å². The molecule has 0 bridgehead atoms. The van der Waals surface area contributed by atoms with Crippen LogP contribution in [0.3, 0.4) is 0 Å². The van der Waals surface area contributed by atoms with Crippen LogP contribution in [0.15, 0.2) is 53.7 Å². The van der Waals surface area contributed by atoms with Gasteiger partial charge in [-0.1, -0.05) is 54.9 Å². The standard InChI is InChI=1S/C21H24ClN3OS/c1-15(2)14-25-20(17-6-8-18(22)9-7-17)23-24-21(25)27-13-12-26-19-10-4-16(3)5-11-19/h4-11,15H,12-14H2,1-3H3. The SMILES string of the molecule is Cc1ccc(OCCSc2nnc(-c3ccc(Cl)cc3)n2CC(C)C)cc1. The monoisotopic (exact) mass is 401 g/mol. The number of benzene rings is 2. The first-order chi connectivity index (χ1) is 13.0. The van der Waals surface area contributed by atoms with Gasteiger partial charge in [0.05, 0.1) is 6.61 Å². The Bertz CT molecular complexity index is 860. The van der Waals surface area contributed by atoms with Crippen molar-refractivity contribution in [1.29, 1.82) is 0 Å². The first-order valence-electron chi connectivity index (χ1n) is 9.04. The fraction of sp³-hybridized carbons (Fsp3) is 0.333. The van der Waals surface area contributed by atoms with Crippen LogP contribution < -0.4 is 4.74 Å². The second-order valence-electron chi connectivity index (χ2n) is 6.83. The van der Waals surface area contributed by atoms with E-state index in [9.17, 15) is 0 Å². The third-order valence-electron chi connectivity index (χ3n) is 3.97. The number of halogens is 1. The summed E-state index contributed by atoms with van der Waals surface area (Å²) in [5, 5.41) is 10.5. The molecule has 0 unspecified atom stereocenters. The second-order valence-corrected chi connectivity index (χ2v) is 8.33. The van der Waals surface area contributed by atoms with Crippen LogP contribution in [0.1, 0.15) is 19.4 Å². The van der Waals surface area contributed by atoms with E-state index >= 15 is 0 Å². The van der Waals surface area contributed by atoms with E-state index in [0.29, 0.717) is 12.5 Å². The molecule has 0 atom stereocenters. The van der Waals surface area contributed by atoms with Crippen molar-refractivity contribution in [2.24, 2.45) is 5.92 Å². The first kappa shape index (κ1) is 19.8. The number of ether oxygens (including phenoxy) is 1. The second kappa shape index (κ2) is 9.29. The maximum absolute atomic E-state index is 6.01. The predicted molar refractivity (Wildman–Crippen MR) is 113 cm³/mol. The minimum absolute atomic E-state index is 0.496. The van der Waals surface area contributed by atoms with Crippen molar-refractivity contribution in [3.05, 3.63) is 59.1 Å². The number of thioether (sulfide) groups is 1. The third kappa shape index (κ3) is 5.50. The van der Waals surface area contributed by atoms with Crippen molar-refractivity contribution in [3.63, 3.8) is 0 Å². The number of hydrogen-bond acceptors (Lipinski definition) is 4. The molecule has 3 aromatic rings. The molecule has 0 aliphatic rings. The van der Waals surface area contributed by atoms with Gasteiger partial charge in [-0.2, -0.15) is 0 Å². The van der Waals surface area contributed by atoms with E-state index in [2.05, 4.69) is 47.7 Å². The molecule has 0 amide bonds. The maximum atomic E-state index is 6.01. The summed E-state index contributed by atoms with van der Waals surface area (Å²) < 4.78 is 8.00. The highest BCUT2D eigenvalue weighted by atomic mass is 35.5. The fourth-order valence-corrected chi connectivity index (χ4v) is 3.56. The molecule has 0 radical (unpaired) electrons. The number of rotatable bonds is 8. The Morgan fingerprint density at radius 1 is 1.04 bits per heavy atom. The highest BCUT2D eigenvalue weighted by Crippen LogP contribution is 2.26. The molecule has 4 nitrogen and oxygen atoms in total. The number of aromatic nitrogens is 3. The molecule has 0 aliphatic heterocycles. The molecule has 27 heavy (non-hydrogen) atoms. The molecule has 6 heteroatoms. The van der Waals surface area contributed by atoms with Gasteiger partial charge in [0.2, 0.25) is 0 Å². The smallest absolute Gasteiger partial charge is 0.191 e. The van der Waals surface area contributed by atoms with Gasteiger partial charge in [0.1, 0.15) is 5.75 Å².